The predicted molar refractivity (Wildman–Crippen MR) is 211 cm³/mol. The Morgan fingerprint density at radius 2 is 1.64 bits per heavy atom. The first kappa shape index (κ1) is 40.6. The molecule has 0 aliphatic carbocycles. The van der Waals surface area contributed by atoms with Crippen LogP contribution in [-0.2, 0) is 22.5 Å². The fourth-order valence-electron chi connectivity index (χ4n) is 7.44. The van der Waals surface area contributed by atoms with Crippen molar-refractivity contribution in [1.29, 1.82) is 0 Å². The van der Waals surface area contributed by atoms with Gasteiger partial charge in [0, 0.05) is 48.8 Å². The van der Waals surface area contributed by atoms with Gasteiger partial charge < -0.3 is 30.6 Å². The zero-order chi connectivity index (χ0) is 36.7. The third kappa shape index (κ3) is 10.1. The number of aliphatic hydroxyl groups excluding tert-OH is 1. The number of nitrogens with zero attached hydrogens (tertiary/aromatic N) is 1. The Labute approximate surface area is 317 Å². The third-order valence-corrected chi connectivity index (χ3v) is 10.3. The van der Waals surface area contributed by atoms with Gasteiger partial charge in [-0.25, -0.2) is 4.79 Å². The average Bonchev–Trinajstić information content (AvgIpc) is 3.17. The Morgan fingerprint density at radius 3 is 2.36 bits per heavy atom. The Balaban J connectivity index is 0.00000290. The molecular formula is C42H47F2N5O6. The van der Waals surface area contributed by atoms with E-state index in [0.29, 0.717) is 59.6 Å². The Morgan fingerprint density at radius 1 is 0.891 bits per heavy atom. The number of H-pyrrole nitrogens is 1. The minimum absolute atomic E-state index is 0. The number of aromatic nitrogens is 1. The van der Waals surface area contributed by atoms with Gasteiger partial charge in [-0.05, 0) is 97.3 Å². The lowest BCUT2D eigenvalue weighted by atomic mass is 9.86. The number of hydrogen-bond acceptors (Lipinski definition) is 8. The van der Waals surface area contributed by atoms with E-state index >= 15 is 0 Å². The lowest BCUT2D eigenvalue weighted by Crippen LogP contribution is -2.52. The number of benzene rings is 4. The van der Waals surface area contributed by atoms with E-state index in [2.05, 4.69) is 25.8 Å². The van der Waals surface area contributed by atoms with E-state index in [1.54, 1.807) is 12.1 Å². The van der Waals surface area contributed by atoms with E-state index in [1.807, 2.05) is 72.8 Å². The topological polar surface area (TPSA) is 156 Å². The number of aryl methyl sites for hydroxylation is 1. The van der Waals surface area contributed by atoms with Gasteiger partial charge in [-0.15, -0.1) is 0 Å². The normalized spacial score (nSPS) is 17.7. The molecule has 8 rings (SSSR count). The molecule has 2 bridgehead atoms. The lowest BCUT2D eigenvalue weighted by molar-refractivity contribution is -0.116. The molecule has 0 unspecified atom stereocenters. The van der Waals surface area contributed by atoms with Crippen molar-refractivity contribution in [3.05, 3.63) is 124 Å². The summed E-state index contributed by atoms with van der Waals surface area (Å²) in [6, 6.07) is 29.6. The standard InChI is InChI=1S/C42H45N5O6.2FH/c48-36-17-15-33(34-16-18-40(51)46-41(34)36)37(49)25-43-24-28-9-12-31(13-10-28)44-39(50)8-4-5-27-11-14-32(29-6-2-1-3-7-29)35(23-27)45-42(52)53-38-26-47-21-19-30(38)20-22-47;;/h1-3,6-7,9-18,23,30,37-38,43,48-49H,4-5,8,19-22,24-26H2,(H,44,50)(H,45,52)(H,46,51);2*1H/t37-,38-;;/m0../s1. The van der Waals surface area contributed by atoms with Crippen LogP contribution in [0.5, 0.6) is 5.75 Å². The largest absolute Gasteiger partial charge is 0.506 e. The van der Waals surface area contributed by atoms with Crippen LogP contribution in [0.4, 0.5) is 25.6 Å². The number of nitrogens with one attached hydrogen (secondary N) is 4. The van der Waals surface area contributed by atoms with Crippen LogP contribution < -0.4 is 21.5 Å². The number of halogens is 2. The first-order valence-electron chi connectivity index (χ1n) is 18.3. The highest BCUT2D eigenvalue weighted by molar-refractivity contribution is 5.92. The van der Waals surface area contributed by atoms with E-state index in [4.69, 9.17) is 4.74 Å². The molecule has 0 saturated carbocycles. The molecule has 3 aliphatic rings. The van der Waals surface area contributed by atoms with Crippen LogP contribution in [0.1, 0.15) is 48.5 Å². The zero-order valence-electron chi connectivity index (χ0n) is 30.3. The number of rotatable bonds is 13. The Kier molecular flexibility index (Phi) is 13.7. The summed E-state index contributed by atoms with van der Waals surface area (Å²) < 4.78 is 5.93. The number of anilines is 2. The van der Waals surface area contributed by atoms with Crippen molar-refractivity contribution in [3.63, 3.8) is 0 Å². The van der Waals surface area contributed by atoms with Gasteiger partial charge in [0.1, 0.15) is 11.9 Å². The summed E-state index contributed by atoms with van der Waals surface area (Å²) in [6.45, 7) is 3.71. The van der Waals surface area contributed by atoms with Crippen LogP contribution in [0.2, 0.25) is 0 Å². The molecule has 4 aromatic carbocycles. The number of piperidine rings is 3. The Bertz CT molecular complexity index is 2120. The maximum absolute atomic E-state index is 13.1. The molecular weight excluding hydrogens is 708 g/mol. The quantitative estimate of drug-likeness (QED) is 0.0783. The van der Waals surface area contributed by atoms with E-state index in [0.717, 1.165) is 54.7 Å². The fourth-order valence-corrected chi connectivity index (χ4v) is 7.44. The van der Waals surface area contributed by atoms with Crippen molar-refractivity contribution < 1.29 is 33.9 Å². The smallest absolute Gasteiger partial charge is 0.411 e. The molecule has 0 radical (unpaired) electrons. The van der Waals surface area contributed by atoms with Crippen molar-refractivity contribution >= 4 is 34.3 Å². The number of hydrogen-bond donors (Lipinski definition) is 6. The number of ether oxygens (including phenoxy) is 1. The third-order valence-electron chi connectivity index (χ3n) is 10.3. The number of amides is 2. The van der Waals surface area contributed by atoms with E-state index in [1.165, 1.54) is 12.1 Å². The second-order valence-corrected chi connectivity index (χ2v) is 14.0. The SMILES string of the molecule is F.F.O=C(CCCc1ccc(-c2ccccc2)c(NC(=O)O[C@H]2CN3CCC2CC3)c1)Nc1ccc(CNC[C@H](O)c2ccc(O)c3[nH]c(=O)ccc23)cc1. The summed E-state index contributed by atoms with van der Waals surface area (Å²) in [6.07, 6.45) is 2.41. The maximum Gasteiger partial charge on any atom is 0.411 e. The number of aromatic amines is 1. The van der Waals surface area contributed by atoms with Gasteiger partial charge in [0.15, 0.2) is 0 Å². The molecule has 4 heterocycles. The van der Waals surface area contributed by atoms with E-state index < -0.39 is 12.2 Å². The van der Waals surface area contributed by atoms with Gasteiger partial charge in [-0.3, -0.25) is 29.2 Å². The van der Waals surface area contributed by atoms with Gasteiger partial charge in [-0.1, -0.05) is 60.7 Å². The summed E-state index contributed by atoms with van der Waals surface area (Å²) in [5, 5.41) is 30.8. The second kappa shape index (κ2) is 18.6. The number of aliphatic hydroxyl groups is 1. The number of carbonyl (C=O) groups is 2. The van der Waals surface area contributed by atoms with Crippen molar-refractivity contribution in [3.8, 4) is 16.9 Å². The Hall–Kier alpha value is -5.63. The highest BCUT2D eigenvalue weighted by Crippen LogP contribution is 2.33. The van der Waals surface area contributed by atoms with Crippen LogP contribution in [0.3, 0.4) is 0 Å². The molecule has 5 aromatic rings. The number of aromatic hydroxyl groups is 1. The van der Waals surface area contributed by atoms with Crippen LogP contribution >= 0.6 is 0 Å². The molecule has 290 valence electrons. The fraction of sp³-hybridized carbons (Fsp3) is 0.310. The van der Waals surface area contributed by atoms with Gasteiger partial charge in [-0.2, -0.15) is 0 Å². The lowest BCUT2D eigenvalue weighted by Gasteiger charge is -2.43. The van der Waals surface area contributed by atoms with Crippen molar-refractivity contribution in [2.45, 2.75) is 50.9 Å². The van der Waals surface area contributed by atoms with Gasteiger partial charge >= 0.3 is 6.09 Å². The summed E-state index contributed by atoms with van der Waals surface area (Å²) in [4.78, 5) is 42.6. The first-order valence-corrected chi connectivity index (χ1v) is 18.3. The molecule has 3 saturated heterocycles. The predicted octanol–water partition coefficient (Wildman–Crippen LogP) is 6.63. The molecule has 6 N–H and O–H groups in total. The summed E-state index contributed by atoms with van der Waals surface area (Å²) in [5.74, 6) is 0.290. The van der Waals surface area contributed by atoms with Crippen molar-refractivity contribution in [2.24, 2.45) is 5.92 Å². The zero-order valence-corrected chi connectivity index (χ0v) is 30.3. The van der Waals surface area contributed by atoms with Gasteiger partial charge in [0.2, 0.25) is 11.5 Å². The first-order chi connectivity index (χ1) is 25.8. The molecule has 1 aromatic heterocycles. The number of phenolic OH excluding ortho intramolecular Hbond substituents is 1. The molecule has 0 spiro atoms. The highest BCUT2D eigenvalue weighted by Gasteiger charge is 2.36. The van der Waals surface area contributed by atoms with E-state index in [-0.39, 0.29) is 39.3 Å². The van der Waals surface area contributed by atoms with Gasteiger partial charge in [0.25, 0.3) is 0 Å². The van der Waals surface area contributed by atoms with Crippen LogP contribution in [0, 0.1) is 5.92 Å². The molecule has 11 nitrogen and oxygen atoms in total. The molecule has 2 atom stereocenters. The van der Waals surface area contributed by atoms with Crippen LogP contribution in [0.25, 0.3) is 22.0 Å². The van der Waals surface area contributed by atoms with E-state index in [9.17, 15) is 24.6 Å². The van der Waals surface area contributed by atoms with Crippen LogP contribution in [0.15, 0.2) is 102 Å². The summed E-state index contributed by atoms with van der Waals surface area (Å²) >= 11 is 0. The molecule has 2 amide bonds. The summed E-state index contributed by atoms with van der Waals surface area (Å²) in [5.41, 5.74) is 5.87. The highest BCUT2D eigenvalue weighted by atomic mass is 19.0. The molecule has 13 heteroatoms. The number of phenols is 1. The van der Waals surface area contributed by atoms with Crippen molar-refractivity contribution in [2.75, 3.05) is 36.8 Å². The summed E-state index contributed by atoms with van der Waals surface area (Å²) in [7, 11) is 0. The molecule has 55 heavy (non-hydrogen) atoms. The second-order valence-electron chi connectivity index (χ2n) is 14.0. The van der Waals surface area contributed by atoms with Crippen molar-refractivity contribution in [1.82, 2.24) is 15.2 Å². The van der Waals surface area contributed by atoms with Gasteiger partial charge in [0.05, 0.1) is 17.3 Å². The molecule has 3 aliphatic heterocycles. The minimum Gasteiger partial charge on any atom is -0.506 e. The number of fused-ring (bicyclic) bond motifs is 4. The minimum atomic E-state index is -0.858. The molecule has 3 fully saturated rings. The van der Waals surface area contributed by atoms with Crippen LogP contribution in [-0.4, -0.2) is 64.4 Å². The maximum atomic E-state index is 13.1. The average molecular weight is 756 g/mol. The monoisotopic (exact) mass is 755 g/mol. The number of carbonyl (C=O) groups excluding carboxylic acids is 2. The number of pyridine rings is 1.